The van der Waals surface area contributed by atoms with Crippen LogP contribution in [0.5, 0.6) is 0 Å². The van der Waals surface area contributed by atoms with Crippen LogP contribution in [0.3, 0.4) is 0 Å². The van der Waals surface area contributed by atoms with E-state index in [0.717, 1.165) is 28.0 Å². The fourth-order valence-corrected chi connectivity index (χ4v) is 2.46. The van der Waals surface area contributed by atoms with E-state index in [2.05, 4.69) is 52.7 Å². The van der Waals surface area contributed by atoms with Crippen LogP contribution >= 0.6 is 20.8 Å². The Morgan fingerprint density at radius 1 is 1.21 bits per heavy atom. The molecule has 1 N–H and O–H groups in total. The standard InChI is InChI=1S/C16H19ClNP/c1-3-11(2)18-14-6-4-5-12(9-14)15-10-13(17)7-8-16(15)19/h4-11,18H,3,19H2,1-2H3. The minimum Gasteiger partial charge on any atom is -0.383 e. The minimum absolute atomic E-state index is 0.477. The second kappa shape index (κ2) is 6.41. The van der Waals surface area contributed by atoms with Crippen LogP contribution in [0.15, 0.2) is 42.5 Å². The van der Waals surface area contributed by atoms with E-state index >= 15 is 0 Å². The summed E-state index contributed by atoms with van der Waals surface area (Å²) >= 11 is 6.09. The molecule has 0 aromatic heterocycles. The van der Waals surface area contributed by atoms with Crippen molar-refractivity contribution in [3.63, 3.8) is 0 Å². The van der Waals surface area contributed by atoms with Crippen molar-refractivity contribution in [3.8, 4) is 11.1 Å². The number of anilines is 1. The summed E-state index contributed by atoms with van der Waals surface area (Å²) < 4.78 is 0. The van der Waals surface area contributed by atoms with Gasteiger partial charge in [-0.25, -0.2) is 0 Å². The molecule has 0 fully saturated rings. The van der Waals surface area contributed by atoms with Gasteiger partial charge in [0.15, 0.2) is 0 Å². The van der Waals surface area contributed by atoms with Gasteiger partial charge in [-0.05, 0) is 54.0 Å². The van der Waals surface area contributed by atoms with E-state index in [1.54, 1.807) is 0 Å². The van der Waals surface area contributed by atoms with E-state index in [0.29, 0.717) is 6.04 Å². The molecule has 0 aliphatic rings. The van der Waals surface area contributed by atoms with Crippen LogP contribution in [-0.4, -0.2) is 6.04 Å². The van der Waals surface area contributed by atoms with Crippen LogP contribution < -0.4 is 10.6 Å². The third-order valence-electron chi connectivity index (χ3n) is 3.21. The van der Waals surface area contributed by atoms with Gasteiger partial charge in [-0.3, -0.25) is 0 Å². The molecule has 0 saturated carbocycles. The van der Waals surface area contributed by atoms with Gasteiger partial charge >= 0.3 is 0 Å². The Balaban J connectivity index is 2.35. The van der Waals surface area contributed by atoms with Crippen molar-refractivity contribution in [2.45, 2.75) is 26.3 Å². The van der Waals surface area contributed by atoms with Gasteiger partial charge in [0.1, 0.15) is 0 Å². The molecule has 0 aliphatic carbocycles. The zero-order chi connectivity index (χ0) is 13.8. The predicted molar refractivity (Wildman–Crippen MR) is 89.6 cm³/mol. The number of benzene rings is 2. The van der Waals surface area contributed by atoms with Crippen molar-refractivity contribution in [3.05, 3.63) is 47.5 Å². The van der Waals surface area contributed by atoms with E-state index in [1.807, 2.05) is 18.2 Å². The van der Waals surface area contributed by atoms with Gasteiger partial charge in [-0.1, -0.05) is 36.7 Å². The topological polar surface area (TPSA) is 12.0 Å². The number of hydrogen-bond acceptors (Lipinski definition) is 1. The van der Waals surface area contributed by atoms with Crippen molar-refractivity contribution in [2.24, 2.45) is 0 Å². The third-order valence-corrected chi connectivity index (χ3v) is 3.95. The van der Waals surface area contributed by atoms with Crippen LogP contribution in [-0.2, 0) is 0 Å². The molecular weight excluding hydrogens is 273 g/mol. The zero-order valence-electron chi connectivity index (χ0n) is 11.3. The normalized spacial score (nSPS) is 12.2. The van der Waals surface area contributed by atoms with E-state index in [4.69, 9.17) is 11.6 Å². The second-order valence-corrected chi connectivity index (χ2v) is 5.82. The summed E-state index contributed by atoms with van der Waals surface area (Å²) in [5, 5.41) is 5.42. The fourth-order valence-electron chi connectivity index (χ4n) is 1.94. The summed E-state index contributed by atoms with van der Waals surface area (Å²) in [4.78, 5) is 0. The lowest BCUT2D eigenvalue weighted by atomic mass is 10.0. The van der Waals surface area contributed by atoms with E-state index in [-0.39, 0.29) is 0 Å². The molecular formula is C16H19ClNP. The van der Waals surface area contributed by atoms with Crippen LogP contribution in [0, 0.1) is 0 Å². The number of nitrogens with one attached hydrogen (secondary N) is 1. The summed E-state index contributed by atoms with van der Waals surface area (Å²) in [7, 11) is 2.76. The zero-order valence-corrected chi connectivity index (χ0v) is 13.2. The molecule has 2 rings (SSSR count). The van der Waals surface area contributed by atoms with E-state index in [1.165, 1.54) is 5.56 Å². The van der Waals surface area contributed by atoms with Crippen molar-refractivity contribution in [2.75, 3.05) is 5.32 Å². The van der Waals surface area contributed by atoms with Crippen LogP contribution in [0.4, 0.5) is 5.69 Å². The van der Waals surface area contributed by atoms with Crippen molar-refractivity contribution in [1.82, 2.24) is 0 Å². The average molecular weight is 292 g/mol. The highest BCUT2D eigenvalue weighted by Crippen LogP contribution is 2.25. The molecule has 0 spiro atoms. The van der Waals surface area contributed by atoms with Crippen molar-refractivity contribution >= 4 is 31.8 Å². The Hall–Kier alpha value is -1.04. The Morgan fingerprint density at radius 3 is 2.74 bits per heavy atom. The summed E-state index contributed by atoms with van der Waals surface area (Å²) in [5.74, 6) is 0. The molecule has 2 unspecified atom stereocenters. The van der Waals surface area contributed by atoms with Crippen LogP contribution in [0.25, 0.3) is 11.1 Å². The Morgan fingerprint density at radius 2 is 2.00 bits per heavy atom. The van der Waals surface area contributed by atoms with Gasteiger partial charge in [0.2, 0.25) is 0 Å². The molecule has 0 amide bonds. The van der Waals surface area contributed by atoms with E-state index < -0.39 is 0 Å². The first kappa shape index (κ1) is 14.4. The highest BCUT2D eigenvalue weighted by atomic mass is 35.5. The minimum atomic E-state index is 0.477. The Kier molecular flexibility index (Phi) is 4.85. The molecule has 1 nitrogen and oxygen atoms in total. The lowest BCUT2D eigenvalue weighted by molar-refractivity contribution is 0.764. The average Bonchev–Trinajstić information content (AvgIpc) is 2.41. The lowest BCUT2D eigenvalue weighted by Gasteiger charge is -2.14. The van der Waals surface area contributed by atoms with Crippen molar-refractivity contribution in [1.29, 1.82) is 0 Å². The quantitative estimate of drug-likeness (QED) is 0.804. The highest BCUT2D eigenvalue weighted by molar-refractivity contribution is 7.28. The fraction of sp³-hybridized carbons (Fsp3) is 0.250. The molecule has 0 radical (unpaired) electrons. The predicted octanol–water partition coefficient (Wildman–Crippen LogP) is 4.72. The van der Waals surface area contributed by atoms with Gasteiger partial charge in [0.05, 0.1) is 0 Å². The molecule has 100 valence electrons. The van der Waals surface area contributed by atoms with E-state index in [9.17, 15) is 0 Å². The molecule has 0 heterocycles. The Labute approximate surface area is 122 Å². The molecule has 3 heteroatoms. The monoisotopic (exact) mass is 291 g/mol. The lowest BCUT2D eigenvalue weighted by Crippen LogP contribution is -2.13. The molecule has 19 heavy (non-hydrogen) atoms. The summed E-state index contributed by atoms with van der Waals surface area (Å²) in [6, 6.07) is 14.9. The highest BCUT2D eigenvalue weighted by Gasteiger charge is 2.05. The summed E-state index contributed by atoms with van der Waals surface area (Å²) in [5.41, 5.74) is 3.49. The molecule has 0 saturated heterocycles. The van der Waals surface area contributed by atoms with Gasteiger partial charge in [-0.15, -0.1) is 9.24 Å². The molecule has 2 aromatic rings. The summed E-state index contributed by atoms with van der Waals surface area (Å²) in [6.07, 6.45) is 1.11. The smallest absolute Gasteiger partial charge is 0.0412 e. The maximum Gasteiger partial charge on any atom is 0.0412 e. The van der Waals surface area contributed by atoms with Gasteiger partial charge in [-0.2, -0.15) is 0 Å². The molecule has 0 aliphatic heterocycles. The molecule has 2 aromatic carbocycles. The van der Waals surface area contributed by atoms with Crippen LogP contribution in [0.1, 0.15) is 20.3 Å². The van der Waals surface area contributed by atoms with Crippen LogP contribution in [0.2, 0.25) is 5.02 Å². The van der Waals surface area contributed by atoms with Gasteiger partial charge in [0, 0.05) is 16.8 Å². The van der Waals surface area contributed by atoms with Gasteiger partial charge < -0.3 is 5.32 Å². The third kappa shape index (κ3) is 3.72. The maximum atomic E-state index is 6.09. The van der Waals surface area contributed by atoms with Crippen molar-refractivity contribution < 1.29 is 0 Å². The summed E-state index contributed by atoms with van der Waals surface area (Å²) in [6.45, 7) is 4.37. The first-order valence-corrected chi connectivity index (χ1v) is 7.47. The SMILES string of the molecule is CCC(C)Nc1cccc(-c2cc(Cl)ccc2P)c1. The number of hydrogen-bond donors (Lipinski definition) is 1. The Bertz CT molecular complexity index is 568. The number of rotatable bonds is 4. The maximum absolute atomic E-state index is 6.09. The number of halogens is 1. The van der Waals surface area contributed by atoms with Gasteiger partial charge in [0.25, 0.3) is 0 Å². The molecule has 0 bridgehead atoms. The largest absolute Gasteiger partial charge is 0.383 e. The first-order valence-electron chi connectivity index (χ1n) is 6.52. The second-order valence-electron chi connectivity index (χ2n) is 4.77. The molecule has 2 atom stereocenters. The first-order chi connectivity index (χ1) is 9.10.